The summed E-state index contributed by atoms with van der Waals surface area (Å²) in [6, 6.07) is 5.90. The Morgan fingerprint density at radius 2 is 2.10 bits per heavy atom. The Bertz CT molecular complexity index is 1270. The van der Waals surface area contributed by atoms with Crippen molar-refractivity contribution in [3.05, 3.63) is 57.0 Å². The minimum Gasteiger partial charge on any atom is -0.301 e. The van der Waals surface area contributed by atoms with Crippen LogP contribution in [0.3, 0.4) is 0 Å². The number of aryl methyl sites for hydroxylation is 2. The maximum Gasteiger partial charge on any atom is 0.262 e. The largest absolute Gasteiger partial charge is 0.301 e. The highest BCUT2D eigenvalue weighted by Gasteiger charge is 2.15. The summed E-state index contributed by atoms with van der Waals surface area (Å²) in [7, 11) is 0. The molecule has 3 aromatic heterocycles. The van der Waals surface area contributed by atoms with Crippen LogP contribution in [0.4, 0.5) is 5.13 Å². The predicted molar refractivity (Wildman–Crippen MR) is 115 cm³/mol. The number of nitrogens with zero attached hydrogens (tertiary/aromatic N) is 4. The molecule has 0 fully saturated rings. The molecule has 0 aliphatic heterocycles. The van der Waals surface area contributed by atoms with E-state index in [1.807, 2.05) is 44.4 Å². The van der Waals surface area contributed by atoms with E-state index < -0.39 is 0 Å². The number of nitrogens with one attached hydrogen (secondary N) is 2. The number of hydrogen-bond acceptors (Lipinski definition) is 7. The average molecular weight is 427 g/mol. The predicted octanol–water partition coefficient (Wildman–Crippen LogP) is 3.22. The number of hydrogen-bond donors (Lipinski definition) is 2. The van der Waals surface area contributed by atoms with Gasteiger partial charge in [-0.2, -0.15) is 5.10 Å². The van der Waals surface area contributed by atoms with Crippen molar-refractivity contribution in [2.75, 3.05) is 11.1 Å². The molecule has 3 heterocycles. The van der Waals surface area contributed by atoms with Crippen LogP contribution < -0.4 is 10.9 Å². The fourth-order valence-corrected chi connectivity index (χ4v) is 4.17. The van der Waals surface area contributed by atoms with Crippen LogP contribution in [0.15, 0.2) is 39.7 Å². The zero-order valence-electron chi connectivity index (χ0n) is 16.0. The lowest BCUT2D eigenvalue weighted by Crippen LogP contribution is -2.15. The first kappa shape index (κ1) is 19.3. The summed E-state index contributed by atoms with van der Waals surface area (Å²) in [5.74, 6) is -0.111. The highest BCUT2D eigenvalue weighted by atomic mass is 32.2. The van der Waals surface area contributed by atoms with Gasteiger partial charge in [0, 0.05) is 5.38 Å². The second-order valence-corrected chi connectivity index (χ2v) is 8.34. The summed E-state index contributed by atoms with van der Waals surface area (Å²) < 4.78 is 1.66. The molecular formula is C19H18N6O2S2. The molecule has 1 amide bonds. The minimum absolute atomic E-state index is 0.102. The van der Waals surface area contributed by atoms with Crippen LogP contribution in [-0.2, 0) is 4.79 Å². The van der Waals surface area contributed by atoms with Gasteiger partial charge in [0.05, 0.1) is 23.3 Å². The molecular weight excluding hydrogens is 408 g/mol. The van der Waals surface area contributed by atoms with Crippen molar-refractivity contribution in [3.8, 4) is 5.69 Å². The van der Waals surface area contributed by atoms with Crippen LogP contribution in [0.5, 0.6) is 0 Å². The number of amides is 1. The van der Waals surface area contributed by atoms with Gasteiger partial charge in [0.25, 0.3) is 5.56 Å². The van der Waals surface area contributed by atoms with Crippen LogP contribution in [0.1, 0.15) is 16.8 Å². The first-order chi connectivity index (χ1) is 13.9. The van der Waals surface area contributed by atoms with Crippen molar-refractivity contribution >= 4 is 45.2 Å². The minimum atomic E-state index is -0.287. The molecule has 0 radical (unpaired) electrons. The number of aromatic amines is 1. The van der Waals surface area contributed by atoms with Gasteiger partial charge < -0.3 is 10.3 Å². The highest BCUT2D eigenvalue weighted by molar-refractivity contribution is 7.99. The van der Waals surface area contributed by atoms with Crippen molar-refractivity contribution in [2.45, 2.75) is 25.9 Å². The molecule has 0 atom stereocenters. The van der Waals surface area contributed by atoms with Crippen molar-refractivity contribution < 1.29 is 4.79 Å². The number of carbonyl (C=O) groups is 1. The molecule has 0 bridgehead atoms. The lowest BCUT2D eigenvalue weighted by molar-refractivity contribution is -0.113. The first-order valence-electron chi connectivity index (χ1n) is 8.82. The molecule has 4 aromatic rings. The van der Waals surface area contributed by atoms with Gasteiger partial charge in [0.1, 0.15) is 5.39 Å². The monoisotopic (exact) mass is 426 g/mol. The SMILES string of the molecule is Cc1csc(NC(=O)CSc2nc3c(cnn3-c3cccc(C)c3C)c(=O)[nH]2)n1. The number of benzene rings is 1. The lowest BCUT2D eigenvalue weighted by Gasteiger charge is -2.09. The number of carbonyl (C=O) groups excluding carboxylic acids is 1. The maximum atomic E-state index is 12.5. The molecule has 0 aliphatic carbocycles. The van der Waals surface area contributed by atoms with Crippen LogP contribution in [0.25, 0.3) is 16.7 Å². The van der Waals surface area contributed by atoms with E-state index in [-0.39, 0.29) is 17.2 Å². The molecule has 29 heavy (non-hydrogen) atoms. The molecule has 1 aromatic carbocycles. The summed E-state index contributed by atoms with van der Waals surface area (Å²) in [5, 5.41) is 10.3. The Labute approximate surface area is 174 Å². The van der Waals surface area contributed by atoms with Crippen molar-refractivity contribution in [1.82, 2.24) is 24.7 Å². The molecule has 0 aliphatic rings. The summed E-state index contributed by atoms with van der Waals surface area (Å²) in [5.41, 5.74) is 4.08. The molecule has 10 heteroatoms. The molecule has 0 spiro atoms. The van der Waals surface area contributed by atoms with Gasteiger partial charge in [-0.25, -0.2) is 14.6 Å². The Morgan fingerprint density at radius 3 is 2.86 bits per heavy atom. The smallest absolute Gasteiger partial charge is 0.262 e. The van der Waals surface area contributed by atoms with Gasteiger partial charge in [-0.1, -0.05) is 23.9 Å². The van der Waals surface area contributed by atoms with Gasteiger partial charge in [0.2, 0.25) is 5.91 Å². The van der Waals surface area contributed by atoms with E-state index in [9.17, 15) is 9.59 Å². The van der Waals surface area contributed by atoms with Crippen molar-refractivity contribution in [3.63, 3.8) is 0 Å². The summed E-state index contributed by atoms with van der Waals surface area (Å²) >= 11 is 2.52. The number of thiazole rings is 1. The highest BCUT2D eigenvalue weighted by Crippen LogP contribution is 2.22. The maximum absolute atomic E-state index is 12.5. The Hall–Kier alpha value is -2.98. The van der Waals surface area contributed by atoms with Crippen molar-refractivity contribution in [1.29, 1.82) is 0 Å². The second kappa shape index (κ2) is 7.80. The van der Waals surface area contributed by atoms with E-state index in [1.165, 1.54) is 17.5 Å². The van der Waals surface area contributed by atoms with E-state index in [0.717, 1.165) is 34.3 Å². The van der Waals surface area contributed by atoms with E-state index in [2.05, 4.69) is 25.4 Å². The lowest BCUT2D eigenvalue weighted by atomic mass is 10.1. The summed E-state index contributed by atoms with van der Waals surface area (Å²) in [6.07, 6.45) is 1.51. The molecule has 0 unspecified atom stereocenters. The van der Waals surface area contributed by atoms with Crippen LogP contribution >= 0.6 is 23.1 Å². The van der Waals surface area contributed by atoms with Gasteiger partial charge in [0.15, 0.2) is 15.9 Å². The van der Waals surface area contributed by atoms with Crippen LogP contribution in [0.2, 0.25) is 0 Å². The molecule has 0 saturated carbocycles. The number of aromatic nitrogens is 5. The van der Waals surface area contributed by atoms with E-state index in [1.54, 1.807) is 4.68 Å². The topological polar surface area (TPSA) is 106 Å². The summed E-state index contributed by atoms with van der Waals surface area (Å²) in [6.45, 7) is 5.89. The third kappa shape index (κ3) is 3.94. The number of thioether (sulfide) groups is 1. The fourth-order valence-electron chi connectivity index (χ4n) is 2.81. The van der Waals surface area contributed by atoms with E-state index in [4.69, 9.17) is 0 Å². The quantitative estimate of drug-likeness (QED) is 0.375. The standard InChI is InChI=1S/C19H18N6O2S2/c1-10-5-4-6-14(12(10)3)25-16-13(7-20-25)17(27)24-19(23-16)29-9-15(26)22-18-21-11(2)8-28-18/h4-8H,9H2,1-3H3,(H,21,22,26)(H,23,24,27). The van der Waals surface area contributed by atoms with Gasteiger partial charge in [-0.3, -0.25) is 9.59 Å². The molecule has 8 nitrogen and oxygen atoms in total. The van der Waals surface area contributed by atoms with Crippen LogP contribution in [0, 0.1) is 20.8 Å². The van der Waals surface area contributed by atoms with Gasteiger partial charge >= 0.3 is 0 Å². The Morgan fingerprint density at radius 1 is 1.28 bits per heavy atom. The number of rotatable bonds is 5. The normalized spacial score (nSPS) is 11.1. The zero-order valence-corrected chi connectivity index (χ0v) is 17.6. The number of H-pyrrole nitrogens is 1. The molecule has 4 rings (SSSR count). The third-order valence-corrected chi connectivity index (χ3v) is 6.17. The molecule has 148 valence electrons. The first-order valence-corrected chi connectivity index (χ1v) is 10.7. The Kier molecular flexibility index (Phi) is 5.20. The zero-order chi connectivity index (χ0) is 20.5. The average Bonchev–Trinajstić information content (AvgIpc) is 3.29. The third-order valence-electron chi connectivity index (χ3n) is 4.43. The fraction of sp³-hybridized carbons (Fsp3) is 0.211. The van der Waals surface area contributed by atoms with Gasteiger partial charge in [-0.05, 0) is 38.0 Å². The van der Waals surface area contributed by atoms with Crippen LogP contribution in [-0.4, -0.2) is 36.4 Å². The number of anilines is 1. The van der Waals surface area contributed by atoms with Gasteiger partial charge in [-0.15, -0.1) is 11.3 Å². The van der Waals surface area contributed by atoms with E-state index >= 15 is 0 Å². The van der Waals surface area contributed by atoms with Crippen molar-refractivity contribution in [2.24, 2.45) is 0 Å². The molecule has 0 saturated heterocycles. The number of fused-ring (bicyclic) bond motifs is 1. The molecule has 2 N–H and O–H groups in total. The van der Waals surface area contributed by atoms with E-state index in [0.29, 0.717) is 21.3 Å². The second-order valence-electron chi connectivity index (χ2n) is 6.51. The summed E-state index contributed by atoms with van der Waals surface area (Å²) in [4.78, 5) is 36.1. The Balaban J connectivity index is 1.60.